The smallest absolute Gasteiger partial charge is 0.322 e. The minimum Gasteiger partial charge on any atom is -0.497 e. The molecule has 2 fully saturated rings. The van der Waals surface area contributed by atoms with E-state index in [1.807, 2.05) is 12.1 Å². The van der Waals surface area contributed by atoms with Gasteiger partial charge in [0.05, 0.1) is 19.1 Å². The summed E-state index contributed by atoms with van der Waals surface area (Å²) >= 11 is 0. The van der Waals surface area contributed by atoms with E-state index in [2.05, 4.69) is 10.6 Å². The van der Waals surface area contributed by atoms with Crippen molar-refractivity contribution in [3.05, 3.63) is 58.0 Å². The third-order valence-electron chi connectivity index (χ3n) is 7.62. The van der Waals surface area contributed by atoms with Crippen molar-refractivity contribution in [2.75, 3.05) is 13.7 Å². The Balaban J connectivity index is 1.35. The monoisotopic (exact) mass is 476 g/mol. The molecule has 5 amide bonds. The van der Waals surface area contributed by atoms with Gasteiger partial charge in [-0.05, 0) is 43.0 Å². The van der Waals surface area contributed by atoms with Gasteiger partial charge in [0.15, 0.2) is 5.54 Å². The van der Waals surface area contributed by atoms with Gasteiger partial charge >= 0.3 is 6.03 Å². The van der Waals surface area contributed by atoms with E-state index >= 15 is 0 Å². The predicted molar refractivity (Wildman–Crippen MR) is 122 cm³/mol. The molecule has 10 heteroatoms. The number of hydrogen-bond acceptors (Lipinski definition) is 6. The fraction of sp³-hybridized carbons (Fsp3) is 0.360. The Kier molecular flexibility index (Phi) is 4.42. The maximum absolute atomic E-state index is 13.2. The molecule has 4 aliphatic rings. The van der Waals surface area contributed by atoms with Crippen LogP contribution in [0.4, 0.5) is 4.79 Å². The van der Waals surface area contributed by atoms with Crippen LogP contribution in [-0.4, -0.2) is 42.3 Å². The molecular weight excluding hydrogens is 452 g/mol. The van der Waals surface area contributed by atoms with Gasteiger partial charge in [0.2, 0.25) is 5.91 Å². The summed E-state index contributed by atoms with van der Waals surface area (Å²) in [5.41, 5.74) is 6.52. The number of primary amides is 1. The number of rotatable bonds is 6. The second-order valence-electron chi connectivity index (χ2n) is 9.60. The number of aryl methyl sites for hydroxylation is 1. The Hall–Kier alpha value is -4.08. The molecule has 2 aliphatic carbocycles. The Morgan fingerprint density at radius 3 is 2.66 bits per heavy atom. The summed E-state index contributed by atoms with van der Waals surface area (Å²) in [5, 5.41) is 4.99. The largest absolute Gasteiger partial charge is 0.497 e. The Morgan fingerprint density at radius 2 is 2.00 bits per heavy atom. The number of furan rings is 1. The lowest BCUT2D eigenvalue weighted by molar-refractivity contribution is -0.125. The van der Waals surface area contributed by atoms with Gasteiger partial charge in [-0.3, -0.25) is 19.7 Å². The second-order valence-corrected chi connectivity index (χ2v) is 9.60. The van der Waals surface area contributed by atoms with Crippen LogP contribution in [0.3, 0.4) is 0 Å². The number of ether oxygens (including phenoxy) is 1. The molecule has 0 radical (unpaired) electrons. The molecule has 2 aliphatic heterocycles. The predicted octanol–water partition coefficient (Wildman–Crippen LogP) is 1.57. The molecule has 2 aromatic rings. The number of hydrogen-bond donors (Lipinski definition) is 3. The van der Waals surface area contributed by atoms with Gasteiger partial charge in [-0.2, -0.15) is 0 Å². The average molecular weight is 476 g/mol. The van der Waals surface area contributed by atoms with Crippen LogP contribution in [-0.2, 0) is 28.1 Å². The third kappa shape index (κ3) is 3.09. The van der Waals surface area contributed by atoms with Crippen molar-refractivity contribution < 1.29 is 28.3 Å². The lowest BCUT2D eigenvalue weighted by atomic mass is 9.85. The van der Waals surface area contributed by atoms with Crippen LogP contribution in [0.1, 0.15) is 52.3 Å². The fourth-order valence-electron chi connectivity index (χ4n) is 5.44. The Labute approximate surface area is 200 Å². The molecule has 1 aromatic heterocycles. The lowest BCUT2D eigenvalue weighted by Crippen LogP contribution is -2.52. The van der Waals surface area contributed by atoms with Gasteiger partial charge in [-0.15, -0.1) is 0 Å². The van der Waals surface area contributed by atoms with E-state index in [0.29, 0.717) is 29.9 Å². The van der Waals surface area contributed by atoms with Crippen molar-refractivity contribution in [1.29, 1.82) is 0 Å². The number of urea groups is 1. The summed E-state index contributed by atoms with van der Waals surface area (Å²) in [7, 11) is 1.53. The standard InChI is InChI=1S/C25H24N4O6/c1-34-16-4-2-13-11-29(20(30)17(13)10-16)12-25(22(32)27-23(33)28-25)19-9-14-8-15(3-5-18(14)35-19)24(6-7-24)21(26)31/h2,4,8-10H,3,5-7,11-12H2,1H3,(H2,26,31)(H2,27,28,32,33). The van der Waals surface area contributed by atoms with Crippen molar-refractivity contribution in [2.45, 2.75) is 37.8 Å². The summed E-state index contributed by atoms with van der Waals surface area (Å²) in [6, 6.07) is 6.32. The first-order valence-corrected chi connectivity index (χ1v) is 11.5. The minimum atomic E-state index is -1.58. The highest BCUT2D eigenvalue weighted by atomic mass is 16.5. The Bertz CT molecular complexity index is 1350. The molecule has 0 spiro atoms. The van der Waals surface area contributed by atoms with Gasteiger partial charge in [-0.1, -0.05) is 17.7 Å². The highest BCUT2D eigenvalue weighted by Crippen LogP contribution is 2.55. The molecule has 6 rings (SSSR count). The molecule has 180 valence electrons. The van der Waals surface area contributed by atoms with Crippen molar-refractivity contribution in [3.63, 3.8) is 0 Å². The number of imide groups is 1. The van der Waals surface area contributed by atoms with Crippen molar-refractivity contribution in [2.24, 2.45) is 11.1 Å². The topological polar surface area (TPSA) is 144 Å². The molecule has 3 heterocycles. The lowest BCUT2D eigenvalue weighted by Gasteiger charge is -2.29. The fourth-order valence-corrected chi connectivity index (χ4v) is 5.44. The van der Waals surface area contributed by atoms with Crippen LogP contribution in [0.15, 0.2) is 34.3 Å². The van der Waals surface area contributed by atoms with E-state index in [1.54, 1.807) is 18.2 Å². The van der Waals surface area contributed by atoms with Crippen LogP contribution in [0, 0.1) is 5.41 Å². The van der Waals surface area contributed by atoms with Gasteiger partial charge in [0.25, 0.3) is 11.8 Å². The number of nitrogens with two attached hydrogens (primary N) is 1. The maximum atomic E-state index is 13.2. The van der Waals surface area contributed by atoms with E-state index in [1.165, 1.54) is 12.0 Å². The van der Waals surface area contributed by atoms with Gasteiger partial charge in [0.1, 0.15) is 17.3 Å². The molecule has 1 aromatic carbocycles. The number of benzene rings is 1. The SMILES string of the molecule is COc1ccc2c(c1)C(=O)N(CC1(c3cc4c(o3)CCC(C3(C(N)=O)CC3)=C4)NC(=O)NC1=O)C2. The molecular formula is C25H24N4O6. The quantitative estimate of drug-likeness (QED) is 0.540. The molecule has 1 saturated heterocycles. The molecule has 10 nitrogen and oxygen atoms in total. The number of fused-ring (bicyclic) bond motifs is 2. The summed E-state index contributed by atoms with van der Waals surface area (Å²) < 4.78 is 11.4. The van der Waals surface area contributed by atoms with Crippen LogP contribution in [0.25, 0.3) is 6.08 Å². The molecule has 1 saturated carbocycles. The van der Waals surface area contributed by atoms with Crippen molar-refractivity contribution in [3.8, 4) is 5.75 Å². The van der Waals surface area contributed by atoms with Crippen LogP contribution in [0.2, 0.25) is 0 Å². The van der Waals surface area contributed by atoms with E-state index < -0.39 is 22.9 Å². The number of amides is 5. The minimum absolute atomic E-state index is 0.103. The van der Waals surface area contributed by atoms with E-state index in [-0.39, 0.29) is 30.7 Å². The first-order chi connectivity index (χ1) is 16.8. The average Bonchev–Trinajstić information content (AvgIpc) is 3.34. The van der Waals surface area contributed by atoms with E-state index in [4.69, 9.17) is 14.9 Å². The summed E-state index contributed by atoms with van der Waals surface area (Å²) in [5.74, 6) is 0.300. The molecule has 4 N–H and O–H groups in total. The number of methoxy groups -OCH3 is 1. The van der Waals surface area contributed by atoms with Crippen molar-refractivity contribution in [1.82, 2.24) is 15.5 Å². The number of carbonyl (C=O) groups is 4. The maximum Gasteiger partial charge on any atom is 0.322 e. The van der Waals surface area contributed by atoms with Crippen LogP contribution in [0.5, 0.6) is 5.75 Å². The molecule has 0 bridgehead atoms. The molecule has 1 unspecified atom stereocenters. The van der Waals surface area contributed by atoms with E-state index in [9.17, 15) is 19.2 Å². The first-order valence-electron chi connectivity index (χ1n) is 11.5. The zero-order valence-corrected chi connectivity index (χ0v) is 19.1. The zero-order valence-electron chi connectivity index (χ0n) is 19.1. The summed E-state index contributed by atoms with van der Waals surface area (Å²) in [4.78, 5) is 52.1. The van der Waals surface area contributed by atoms with Crippen LogP contribution < -0.4 is 21.1 Å². The van der Waals surface area contributed by atoms with Gasteiger partial charge in [0, 0.05) is 24.1 Å². The summed E-state index contributed by atoms with van der Waals surface area (Å²) in [6.45, 7) is 0.184. The Morgan fingerprint density at radius 1 is 1.20 bits per heavy atom. The van der Waals surface area contributed by atoms with Gasteiger partial charge in [-0.25, -0.2) is 4.79 Å². The highest BCUT2D eigenvalue weighted by molar-refractivity contribution is 6.08. The van der Waals surface area contributed by atoms with E-state index in [0.717, 1.165) is 29.5 Å². The molecule has 35 heavy (non-hydrogen) atoms. The summed E-state index contributed by atoms with van der Waals surface area (Å²) in [6.07, 6.45) is 4.57. The van der Waals surface area contributed by atoms with Crippen molar-refractivity contribution >= 4 is 29.8 Å². The molecule has 1 atom stereocenters. The first kappa shape index (κ1) is 21.5. The second kappa shape index (κ2) is 7.21. The highest BCUT2D eigenvalue weighted by Gasteiger charge is 2.54. The third-order valence-corrected chi connectivity index (χ3v) is 7.62. The number of nitrogens with zero attached hydrogens (tertiary/aromatic N) is 1. The normalized spacial score (nSPS) is 23.9. The number of nitrogens with one attached hydrogen (secondary N) is 2. The zero-order chi connectivity index (χ0) is 24.5. The van der Waals surface area contributed by atoms with Gasteiger partial charge < -0.3 is 25.1 Å². The number of carbonyl (C=O) groups excluding carboxylic acids is 4. The van der Waals surface area contributed by atoms with Crippen LogP contribution >= 0.6 is 0 Å².